The molecule has 0 aromatic carbocycles. The van der Waals surface area contributed by atoms with Crippen molar-refractivity contribution in [1.82, 2.24) is 0 Å². The van der Waals surface area contributed by atoms with Crippen LogP contribution >= 0.6 is 0 Å². The molecule has 0 amide bonds. The van der Waals surface area contributed by atoms with Crippen molar-refractivity contribution in [2.24, 2.45) is 0 Å². The molecule has 0 saturated carbocycles. The Labute approximate surface area is 120 Å². The van der Waals surface area contributed by atoms with E-state index in [0.29, 0.717) is 32.3 Å². The van der Waals surface area contributed by atoms with E-state index in [2.05, 4.69) is 6.58 Å². The molecule has 5 heteroatoms. The molecule has 0 aliphatic carbocycles. The van der Waals surface area contributed by atoms with Crippen molar-refractivity contribution >= 4 is 5.97 Å². The maximum atomic E-state index is 10.8. The summed E-state index contributed by atoms with van der Waals surface area (Å²) in [5, 5.41) is 9.85. The molecule has 20 heavy (non-hydrogen) atoms. The third-order valence-corrected chi connectivity index (χ3v) is 3.15. The summed E-state index contributed by atoms with van der Waals surface area (Å²) in [5.74, 6) is -0.966. The summed E-state index contributed by atoms with van der Waals surface area (Å²) in [6.45, 7) is 9.08. The molecule has 0 radical (unpaired) electrons. The zero-order chi connectivity index (χ0) is 15.2. The third-order valence-electron chi connectivity index (χ3n) is 3.15. The molecule has 3 atom stereocenters. The van der Waals surface area contributed by atoms with E-state index in [1.165, 1.54) is 6.92 Å². The van der Waals surface area contributed by atoms with Gasteiger partial charge in [0.25, 0.3) is 0 Å². The number of ether oxygens (including phenoxy) is 3. The fourth-order valence-corrected chi connectivity index (χ4v) is 2.47. The Morgan fingerprint density at radius 1 is 1.50 bits per heavy atom. The van der Waals surface area contributed by atoms with Gasteiger partial charge in [-0.05, 0) is 20.3 Å². The summed E-state index contributed by atoms with van der Waals surface area (Å²) in [4.78, 5) is 10.8. The van der Waals surface area contributed by atoms with Gasteiger partial charge >= 0.3 is 5.97 Å². The van der Waals surface area contributed by atoms with Crippen molar-refractivity contribution in [3.8, 4) is 0 Å². The van der Waals surface area contributed by atoms with Crippen LogP contribution in [0, 0.1) is 0 Å². The number of aliphatic hydroxyl groups is 1. The van der Waals surface area contributed by atoms with E-state index in [4.69, 9.17) is 14.2 Å². The van der Waals surface area contributed by atoms with Gasteiger partial charge in [0.2, 0.25) is 0 Å². The standard InChI is InChI=1S/C15H26O5/c1-5-6-12(17)9-14-10-13(7-8-18-11(2)16)19-15(3,4)20-14/h5,12-14,17H,1,6-10H2,2-4H3/t12-,13+,14-/m1/s1. The van der Waals surface area contributed by atoms with E-state index in [0.717, 1.165) is 0 Å². The van der Waals surface area contributed by atoms with Crippen LogP contribution in [-0.4, -0.2) is 41.8 Å². The maximum absolute atomic E-state index is 10.8. The van der Waals surface area contributed by atoms with E-state index in [9.17, 15) is 9.90 Å². The normalized spacial score (nSPS) is 26.8. The Balaban J connectivity index is 2.47. The maximum Gasteiger partial charge on any atom is 0.302 e. The largest absolute Gasteiger partial charge is 0.466 e. The lowest BCUT2D eigenvalue weighted by Gasteiger charge is -2.41. The molecule has 1 aliphatic heterocycles. The molecule has 0 spiro atoms. The third kappa shape index (κ3) is 6.50. The van der Waals surface area contributed by atoms with Crippen LogP contribution in [0.4, 0.5) is 0 Å². The van der Waals surface area contributed by atoms with Crippen LogP contribution in [0.3, 0.4) is 0 Å². The molecule has 0 aromatic heterocycles. The van der Waals surface area contributed by atoms with Crippen LogP contribution < -0.4 is 0 Å². The van der Waals surface area contributed by atoms with Crippen molar-refractivity contribution in [1.29, 1.82) is 0 Å². The number of carbonyl (C=O) groups is 1. The van der Waals surface area contributed by atoms with Gasteiger partial charge in [0.1, 0.15) is 0 Å². The van der Waals surface area contributed by atoms with E-state index in [1.807, 2.05) is 13.8 Å². The average molecular weight is 286 g/mol. The average Bonchev–Trinajstić information content (AvgIpc) is 2.26. The first kappa shape index (κ1) is 17.1. The van der Waals surface area contributed by atoms with Crippen molar-refractivity contribution in [2.75, 3.05) is 6.61 Å². The predicted octanol–water partition coefficient (Wildman–Crippen LogP) is 2.18. The Morgan fingerprint density at radius 2 is 2.15 bits per heavy atom. The predicted molar refractivity (Wildman–Crippen MR) is 75.1 cm³/mol. The summed E-state index contributed by atoms with van der Waals surface area (Å²) in [5.41, 5.74) is 0. The van der Waals surface area contributed by atoms with Crippen LogP contribution in [0.2, 0.25) is 0 Å². The Bertz CT molecular complexity index is 326. The smallest absolute Gasteiger partial charge is 0.302 e. The van der Waals surface area contributed by atoms with E-state index >= 15 is 0 Å². The van der Waals surface area contributed by atoms with Gasteiger partial charge in [0.05, 0.1) is 24.9 Å². The molecule has 1 heterocycles. The van der Waals surface area contributed by atoms with Crippen LogP contribution in [0.5, 0.6) is 0 Å². The molecule has 1 saturated heterocycles. The lowest BCUT2D eigenvalue weighted by atomic mass is 9.99. The summed E-state index contributed by atoms with van der Waals surface area (Å²) < 4.78 is 16.6. The lowest BCUT2D eigenvalue weighted by Crippen LogP contribution is -2.45. The van der Waals surface area contributed by atoms with E-state index < -0.39 is 11.9 Å². The lowest BCUT2D eigenvalue weighted by molar-refractivity contribution is -0.304. The first-order valence-corrected chi connectivity index (χ1v) is 7.10. The molecule has 1 aliphatic rings. The zero-order valence-electron chi connectivity index (χ0n) is 12.6. The fourth-order valence-electron chi connectivity index (χ4n) is 2.47. The summed E-state index contributed by atoms with van der Waals surface area (Å²) in [7, 11) is 0. The second-order valence-corrected chi connectivity index (χ2v) is 5.66. The second kappa shape index (κ2) is 7.76. The molecule has 5 nitrogen and oxygen atoms in total. The Kier molecular flexibility index (Phi) is 6.65. The van der Waals surface area contributed by atoms with Crippen LogP contribution in [-0.2, 0) is 19.0 Å². The molecule has 116 valence electrons. The fraction of sp³-hybridized carbons (Fsp3) is 0.800. The number of hydrogen-bond acceptors (Lipinski definition) is 5. The molecular weight excluding hydrogens is 260 g/mol. The van der Waals surface area contributed by atoms with E-state index in [1.54, 1.807) is 6.08 Å². The summed E-state index contributed by atoms with van der Waals surface area (Å²) in [6.07, 6.45) is 3.62. The van der Waals surface area contributed by atoms with Gasteiger partial charge in [0, 0.05) is 26.2 Å². The van der Waals surface area contributed by atoms with Gasteiger partial charge in [-0.2, -0.15) is 0 Å². The van der Waals surface area contributed by atoms with Crippen LogP contribution in [0.1, 0.15) is 46.5 Å². The SMILES string of the molecule is C=CC[C@@H](O)C[C@@H]1C[C@H](CCOC(C)=O)OC(C)(C)O1. The number of hydrogen-bond donors (Lipinski definition) is 1. The van der Waals surface area contributed by atoms with Gasteiger partial charge in [-0.25, -0.2) is 0 Å². The van der Waals surface area contributed by atoms with Gasteiger partial charge in [-0.3, -0.25) is 4.79 Å². The molecule has 0 unspecified atom stereocenters. The van der Waals surface area contributed by atoms with Gasteiger partial charge in [-0.15, -0.1) is 6.58 Å². The molecular formula is C15H26O5. The first-order chi connectivity index (χ1) is 9.32. The topological polar surface area (TPSA) is 65.0 Å². The Morgan fingerprint density at radius 3 is 2.75 bits per heavy atom. The minimum absolute atomic E-state index is 0.0287. The van der Waals surface area contributed by atoms with Crippen molar-refractivity contribution in [2.45, 2.75) is 70.6 Å². The number of rotatable bonds is 7. The van der Waals surface area contributed by atoms with Gasteiger partial charge in [-0.1, -0.05) is 6.08 Å². The second-order valence-electron chi connectivity index (χ2n) is 5.66. The highest BCUT2D eigenvalue weighted by molar-refractivity contribution is 5.65. The number of aliphatic hydroxyl groups excluding tert-OH is 1. The van der Waals surface area contributed by atoms with Crippen LogP contribution in [0.15, 0.2) is 12.7 Å². The minimum Gasteiger partial charge on any atom is -0.466 e. The highest BCUT2D eigenvalue weighted by Crippen LogP contribution is 2.30. The molecule has 0 bridgehead atoms. The number of esters is 1. The molecule has 1 N–H and O–H groups in total. The van der Waals surface area contributed by atoms with Gasteiger partial charge in [0.15, 0.2) is 5.79 Å². The van der Waals surface area contributed by atoms with Crippen molar-refractivity contribution < 1.29 is 24.1 Å². The van der Waals surface area contributed by atoms with Gasteiger partial charge < -0.3 is 19.3 Å². The first-order valence-electron chi connectivity index (χ1n) is 7.10. The number of carbonyl (C=O) groups excluding carboxylic acids is 1. The summed E-state index contributed by atoms with van der Waals surface area (Å²) in [6, 6.07) is 0. The summed E-state index contributed by atoms with van der Waals surface area (Å²) >= 11 is 0. The minimum atomic E-state index is -0.683. The monoisotopic (exact) mass is 286 g/mol. The molecule has 1 rings (SSSR count). The quantitative estimate of drug-likeness (QED) is 0.574. The highest BCUT2D eigenvalue weighted by Gasteiger charge is 2.36. The molecule has 0 aromatic rings. The van der Waals surface area contributed by atoms with E-state index in [-0.39, 0.29) is 18.2 Å². The van der Waals surface area contributed by atoms with Crippen molar-refractivity contribution in [3.63, 3.8) is 0 Å². The molecule has 1 fully saturated rings. The van der Waals surface area contributed by atoms with Crippen molar-refractivity contribution in [3.05, 3.63) is 12.7 Å². The Hall–Kier alpha value is -0.910. The zero-order valence-corrected chi connectivity index (χ0v) is 12.6. The highest BCUT2D eigenvalue weighted by atomic mass is 16.7. The van der Waals surface area contributed by atoms with Crippen LogP contribution in [0.25, 0.3) is 0 Å².